The summed E-state index contributed by atoms with van der Waals surface area (Å²) < 4.78 is 4.84. The Morgan fingerprint density at radius 2 is 1.65 bits per heavy atom. The molecule has 0 bridgehead atoms. The van der Waals surface area contributed by atoms with Gasteiger partial charge in [-0.1, -0.05) is 45.1 Å². The highest BCUT2D eigenvalue weighted by molar-refractivity contribution is 5.37. The molecule has 17 heavy (non-hydrogen) atoms. The van der Waals surface area contributed by atoms with Crippen molar-refractivity contribution in [3.63, 3.8) is 0 Å². The highest BCUT2D eigenvalue weighted by atomic mass is 16.5. The van der Waals surface area contributed by atoms with Crippen molar-refractivity contribution < 1.29 is 9.53 Å². The zero-order valence-corrected chi connectivity index (χ0v) is 11.5. The van der Waals surface area contributed by atoms with Crippen molar-refractivity contribution in [2.24, 2.45) is 5.92 Å². The van der Waals surface area contributed by atoms with Crippen molar-refractivity contribution in [1.29, 1.82) is 0 Å². The third-order valence-electron chi connectivity index (χ3n) is 3.16. The Morgan fingerprint density at radius 1 is 1.06 bits per heavy atom. The predicted octanol–water partition coefficient (Wildman–Crippen LogP) is 4.49. The fraction of sp³-hybridized carbons (Fsp3) is 0.800. The predicted molar refractivity (Wildman–Crippen MR) is 72.9 cm³/mol. The van der Waals surface area contributed by atoms with Crippen LogP contribution in [0.5, 0.6) is 0 Å². The Balaban J connectivity index is 3.18. The topological polar surface area (TPSA) is 26.3 Å². The molecule has 0 rings (SSSR count). The molecule has 0 aliphatic heterocycles. The zero-order chi connectivity index (χ0) is 12.9. The van der Waals surface area contributed by atoms with Crippen LogP contribution in [0.4, 0.5) is 0 Å². The normalized spacial score (nSPS) is 14.0. The van der Waals surface area contributed by atoms with Crippen LogP contribution >= 0.6 is 0 Å². The van der Waals surface area contributed by atoms with E-state index in [0.29, 0.717) is 6.47 Å². The quantitative estimate of drug-likeness (QED) is 0.285. The molecule has 0 saturated heterocycles. The first-order valence-corrected chi connectivity index (χ1v) is 6.90. The summed E-state index contributed by atoms with van der Waals surface area (Å²) in [5.41, 5.74) is 0. The van der Waals surface area contributed by atoms with E-state index < -0.39 is 0 Å². The lowest BCUT2D eigenvalue weighted by molar-refractivity contribution is -0.133. The summed E-state index contributed by atoms with van der Waals surface area (Å²) in [7, 11) is 0. The van der Waals surface area contributed by atoms with Crippen LogP contribution in [0.25, 0.3) is 0 Å². The van der Waals surface area contributed by atoms with Gasteiger partial charge in [0.1, 0.15) is 0 Å². The van der Waals surface area contributed by atoms with Crippen LogP contribution in [0.2, 0.25) is 0 Å². The van der Waals surface area contributed by atoms with Gasteiger partial charge in [-0.15, -0.1) is 6.58 Å². The number of hydrogen-bond acceptors (Lipinski definition) is 2. The van der Waals surface area contributed by atoms with Crippen LogP contribution in [0.15, 0.2) is 12.7 Å². The molecular weight excluding hydrogens is 212 g/mol. The van der Waals surface area contributed by atoms with Gasteiger partial charge >= 0.3 is 0 Å². The van der Waals surface area contributed by atoms with E-state index in [1.165, 1.54) is 32.1 Å². The molecule has 0 aromatic heterocycles. The molecule has 0 fully saturated rings. The van der Waals surface area contributed by atoms with E-state index in [0.717, 1.165) is 25.2 Å². The van der Waals surface area contributed by atoms with Crippen molar-refractivity contribution in [2.45, 2.75) is 71.3 Å². The molecule has 100 valence electrons. The van der Waals surface area contributed by atoms with E-state index in [-0.39, 0.29) is 6.10 Å². The Labute approximate surface area is 106 Å². The number of ether oxygens (including phenoxy) is 1. The molecule has 0 spiro atoms. The SMILES string of the molecule is C=CCC(C)CCCCCCC[C@@H](C)OC=O. The van der Waals surface area contributed by atoms with E-state index in [1.54, 1.807) is 0 Å². The number of rotatable bonds is 12. The van der Waals surface area contributed by atoms with Gasteiger partial charge in [-0.2, -0.15) is 0 Å². The molecule has 0 saturated carbocycles. The van der Waals surface area contributed by atoms with E-state index in [2.05, 4.69) is 13.5 Å². The van der Waals surface area contributed by atoms with Gasteiger partial charge in [0, 0.05) is 0 Å². The highest BCUT2D eigenvalue weighted by Crippen LogP contribution is 2.15. The lowest BCUT2D eigenvalue weighted by Crippen LogP contribution is -2.05. The summed E-state index contributed by atoms with van der Waals surface area (Å²) in [5, 5.41) is 0. The average Bonchev–Trinajstić information content (AvgIpc) is 2.28. The molecule has 2 atom stereocenters. The van der Waals surface area contributed by atoms with Gasteiger partial charge in [-0.05, 0) is 32.1 Å². The van der Waals surface area contributed by atoms with E-state index >= 15 is 0 Å². The van der Waals surface area contributed by atoms with Gasteiger partial charge in [0.2, 0.25) is 0 Å². The maximum Gasteiger partial charge on any atom is 0.293 e. The molecule has 2 heteroatoms. The van der Waals surface area contributed by atoms with E-state index in [9.17, 15) is 4.79 Å². The smallest absolute Gasteiger partial charge is 0.293 e. The van der Waals surface area contributed by atoms with Crippen LogP contribution < -0.4 is 0 Å². The van der Waals surface area contributed by atoms with Gasteiger partial charge in [-0.25, -0.2) is 0 Å². The largest absolute Gasteiger partial charge is 0.465 e. The third kappa shape index (κ3) is 11.5. The highest BCUT2D eigenvalue weighted by Gasteiger charge is 2.01. The summed E-state index contributed by atoms with van der Waals surface area (Å²) in [5.74, 6) is 0.786. The van der Waals surface area contributed by atoms with Crippen LogP contribution in [-0.4, -0.2) is 12.6 Å². The van der Waals surface area contributed by atoms with Gasteiger partial charge in [0.25, 0.3) is 6.47 Å². The molecule has 2 nitrogen and oxygen atoms in total. The standard InChI is InChI=1S/C15H28O2/c1-4-10-14(2)11-8-6-5-7-9-12-15(3)17-13-16/h4,13-15H,1,5-12H2,2-3H3/t14?,15-/m1/s1. The van der Waals surface area contributed by atoms with Gasteiger partial charge in [0.05, 0.1) is 6.10 Å². The summed E-state index contributed by atoms with van der Waals surface area (Å²) in [4.78, 5) is 10.1. The second-order valence-electron chi connectivity index (χ2n) is 5.02. The summed E-state index contributed by atoms with van der Waals surface area (Å²) in [6.07, 6.45) is 11.9. The molecular formula is C15H28O2. The second kappa shape index (κ2) is 11.7. The minimum Gasteiger partial charge on any atom is -0.465 e. The van der Waals surface area contributed by atoms with Crippen LogP contribution in [0, 0.1) is 5.92 Å². The minimum atomic E-state index is 0.0834. The number of carbonyl (C=O) groups is 1. The molecule has 0 aliphatic rings. The number of allylic oxidation sites excluding steroid dienone is 1. The lowest BCUT2D eigenvalue weighted by Gasteiger charge is -2.09. The van der Waals surface area contributed by atoms with Gasteiger partial charge in [0.15, 0.2) is 0 Å². The maximum atomic E-state index is 10.1. The fourth-order valence-corrected chi connectivity index (χ4v) is 2.02. The van der Waals surface area contributed by atoms with Crippen LogP contribution in [-0.2, 0) is 9.53 Å². The number of unbranched alkanes of at least 4 members (excludes halogenated alkanes) is 4. The van der Waals surface area contributed by atoms with E-state index in [1.807, 2.05) is 13.0 Å². The lowest BCUT2D eigenvalue weighted by atomic mass is 9.99. The van der Waals surface area contributed by atoms with Crippen molar-refractivity contribution >= 4 is 6.47 Å². The first-order valence-electron chi connectivity index (χ1n) is 6.90. The maximum absolute atomic E-state index is 10.1. The Bertz CT molecular complexity index is 169. The first kappa shape index (κ1) is 16.2. The van der Waals surface area contributed by atoms with Crippen molar-refractivity contribution in [3.8, 4) is 0 Å². The number of carbonyl (C=O) groups excluding carboxylic acids is 1. The zero-order valence-electron chi connectivity index (χ0n) is 11.5. The summed E-state index contributed by atoms with van der Waals surface area (Å²) in [6.45, 7) is 8.55. The van der Waals surface area contributed by atoms with Gasteiger partial charge in [-0.3, -0.25) is 4.79 Å². The number of hydrogen-bond donors (Lipinski definition) is 0. The Morgan fingerprint density at radius 3 is 2.24 bits per heavy atom. The molecule has 0 radical (unpaired) electrons. The first-order chi connectivity index (χ1) is 8.20. The minimum absolute atomic E-state index is 0.0834. The van der Waals surface area contributed by atoms with Crippen molar-refractivity contribution in [2.75, 3.05) is 0 Å². The Kier molecular flexibility index (Phi) is 11.1. The second-order valence-corrected chi connectivity index (χ2v) is 5.02. The molecule has 1 unspecified atom stereocenters. The molecule has 0 aliphatic carbocycles. The fourth-order valence-electron chi connectivity index (χ4n) is 2.02. The molecule has 0 heterocycles. The van der Waals surface area contributed by atoms with Gasteiger partial charge < -0.3 is 4.74 Å². The molecule has 0 N–H and O–H groups in total. The third-order valence-corrected chi connectivity index (χ3v) is 3.16. The molecule has 0 aromatic carbocycles. The Hall–Kier alpha value is -0.790. The molecule has 0 aromatic rings. The van der Waals surface area contributed by atoms with Crippen LogP contribution in [0.1, 0.15) is 65.2 Å². The van der Waals surface area contributed by atoms with E-state index in [4.69, 9.17) is 4.74 Å². The average molecular weight is 240 g/mol. The monoisotopic (exact) mass is 240 g/mol. The summed E-state index contributed by atoms with van der Waals surface area (Å²) >= 11 is 0. The molecule has 0 amide bonds. The summed E-state index contributed by atoms with van der Waals surface area (Å²) in [6, 6.07) is 0. The van der Waals surface area contributed by atoms with Crippen molar-refractivity contribution in [3.05, 3.63) is 12.7 Å². The van der Waals surface area contributed by atoms with Crippen LogP contribution in [0.3, 0.4) is 0 Å². The van der Waals surface area contributed by atoms with Crippen molar-refractivity contribution in [1.82, 2.24) is 0 Å².